The lowest BCUT2D eigenvalue weighted by Crippen LogP contribution is -2.24. The average molecular weight is 218 g/mol. The molecule has 1 heterocycles. The Hall–Kier alpha value is -0.980. The molecule has 1 N–H and O–H groups in total. The number of nitrogens with one attached hydrogen (secondary N) is 1. The summed E-state index contributed by atoms with van der Waals surface area (Å²) >= 11 is 1.93. The van der Waals surface area contributed by atoms with Gasteiger partial charge in [0.05, 0.1) is 17.0 Å². The van der Waals surface area contributed by atoms with E-state index in [1.165, 1.54) is 12.0 Å². The van der Waals surface area contributed by atoms with E-state index in [1.807, 2.05) is 30.0 Å². The highest BCUT2D eigenvalue weighted by molar-refractivity contribution is 7.99. The van der Waals surface area contributed by atoms with E-state index in [9.17, 15) is 0 Å². The maximum atomic E-state index is 8.83. The molecule has 0 aromatic heterocycles. The van der Waals surface area contributed by atoms with Crippen LogP contribution in [0, 0.1) is 11.3 Å². The fourth-order valence-corrected chi connectivity index (χ4v) is 3.11. The quantitative estimate of drug-likeness (QED) is 0.829. The third-order valence-corrected chi connectivity index (χ3v) is 4.00. The minimum absolute atomic E-state index is 0.364. The van der Waals surface area contributed by atoms with Gasteiger partial charge in [-0.05, 0) is 24.1 Å². The van der Waals surface area contributed by atoms with Gasteiger partial charge in [-0.15, -0.1) is 11.8 Å². The van der Waals surface area contributed by atoms with Gasteiger partial charge in [0.2, 0.25) is 0 Å². The van der Waals surface area contributed by atoms with Crippen molar-refractivity contribution in [1.82, 2.24) is 5.32 Å². The van der Waals surface area contributed by atoms with Crippen LogP contribution in [-0.2, 0) is 0 Å². The summed E-state index contributed by atoms with van der Waals surface area (Å²) in [5, 5.41) is 12.8. The van der Waals surface area contributed by atoms with E-state index in [4.69, 9.17) is 5.26 Å². The number of thioether (sulfide) groups is 1. The van der Waals surface area contributed by atoms with Gasteiger partial charge in [-0.1, -0.05) is 19.1 Å². The summed E-state index contributed by atoms with van der Waals surface area (Å²) in [5.41, 5.74) is 1.96. The molecule has 1 aromatic carbocycles. The SMILES string of the molecule is CCC1CSC(c2cccc(C#N)c2)N1. The van der Waals surface area contributed by atoms with Crippen LogP contribution in [0.15, 0.2) is 24.3 Å². The molecule has 1 saturated heterocycles. The molecule has 0 amide bonds. The first-order valence-corrected chi connectivity index (χ1v) is 6.26. The van der Waals surface area contributed by atoms with Gasteiger partial charge in [0, 0.05) is 11.8 Å². The monoisotopic (exact) mass is 218 g/mol. The first-order chi connectivity index (χ1) is 7.33. The molecule has 3 heteroatoms. The summed E-state index contributed by atoms with van der Waals surface area (Å²) in [6.07, 6.45) is 1.17. The third-order valence-electron chi connectivity index (χ3n) is 2.66. The van der Waals surface area contributed by atoms with E-state index in [0.717, 1.165) is 11.3 Å². The van der Waals surface area contributed by atoms with Crippen molar-refractivity contribution in [2.75, 3.05) is 5.75 Å². The minimum Gasteiger partial charge on any atom is -0.298 e. The van der Waals surface area contributed by atoms with Crippen molar-refractivity contribution in [2.45, 2.75) is 24.8 Å². The molecule has 1 fully saturated rings. The molecule has 0 aliphatic carbocycles. The molecule has 2 unspecified atom stereocenters. The highest BCUT2D eigenvalue weighted by Gasteiger charge is 2.23. The molecule has 0 radical (unpaired) electrons. The first kappa shape index (κ1) is 10.5. The third kappa shape index (κ3) is 2.34. The normalized spacial score (nSPS) is 25.1. The minimum atomic E-state index is 0.364. The Bertz CT molecular complexity index is 383. The molecule has 1 aliphatic heterocycles. The molecule has 0 bridgehead atoms. The second-order valence-electron chi connectivity index (χ2n) is 3.72. The Morgan fingerprint density at radius 2 is 2.47 bits per heavy atom. The van der Waals surface area contributed by atoms with Crippen LogP contribution in [0.2, 0.25) is 0 Å². The number of rotatable bonds is 2. The molecular weight excluding hydrogens is 204 g/mol. The lowest BCUT2D eigenvalue weighted by atomic mass is 10.1. The summed E-state index contributed by atoms with van der Waals surface area (Å²) in [6.45, 7) is 2.20. The van der Waals surface area contributed by atoms with Crippen molar-refractivity contribution in [1.29, 1.82) is 5.26 Å². The summed E-state index contributed by atoms with van der Waals surface area (Å²) in [7, 11) is 0. The van der Waals surface area contributed by atoms with Crippen LogP contribution in [0.5, 0.6) is 0 Å². The van der Waals surface area contributed by atoms with Gasteiger partial charge in [0.1, 0.15) is 0 Å². The van der Waals surface area contributed by atoms with Crippen molar-refractivity contribution >= 4 is 11.8 Å². The zero-order valence-electron chi connectivity index (χ0n) is 8.73. The largest absolute Gasteiger partial charge is 0.298 e. The first-order valence-electron chi connectivity index (χ1n) is 5.21. The zero-order valence-corrected chi connectivity index (χ0v) is 9.55. The number of benzene rings is 1. The van der Waals surface area contributed by atoms with Gasteiger partial charge in [-0.25, -0.2) is 0 Å². The molecular formula is C12H14N2S. The Balaban J connectivity index is 2.14. The van der Waals surface area contributed by atoms with E-state index >= 15 is 0 Å². The fourth-order valence-electron chi connectivity index (χ4n) is 1.72. The second kappa shape index (κ2) is 4.69. The molecule has 1 aliphatic rings. The highest BCUT2D eigenvalue weighted by Crippen LogP contribution is 2.33. The van der Waals surface area contributed by atoms with Crippen molar-refractivity contribution < 1.29 is 0 Å². The predicted molar refractivity (Wildman–Crippen MR) is 63.6 cm³/mol. The van der Waals surface area contributed by atoms with E-state index in [1.54, 1.807) is 0 Å². The van der Waals surface area contributed by atoms with E-state index in [0.29, 0.717) is 11.4 Å². The van der Waals surface area contributed by atoms with Gasteiger partial charge >= 0.3 is 0 Å². The van der Waals surface area contributed by atoms with Gasteiger partial charge in [0.15, 0.2) is 0 Å². The molecule has 0 spiro atoms. The summed E-state index contributed by atoms with van der Waals surface area (Å²) < 4.78 is 0. The standard InChI is InChI=1S/C12H14N2S/c1-2-11-8-15-12(14-11)10-5-3-4-9(6-10)7-13/h3-6,11-12,14H,2,8H2,1H3. The molecule has 78 valence electrons. The van der Waals surface area contributed by atoms with Crippen molar-refractivity contribution in [2.24, 2.45) is 0 Å². The highest BCUT2D eigenvalue weighted by atomic mass is 32.2. The molecule has 0 saturated carbocycles. The molecule has 1 aromatic rings. The van der Waals surface area contributed by atoms with Crippen LogP contribution in [0.25, 0.3) is 0 Å². The number of hydrogen-bond donors (Lipinski definition) is 1. The van der Waals surface area contributed by atoms with Gasteiger partial charge in [-0.2, -0.15) is 5.26 Å². The maximum Gasteiger partial charge on any atom is 0.0991 e. The Morgan fingerprint density at radius 1 is 1.60 bits per heavy atom. The summed E-state index contributed by atoms with van der Waals surface area (Å²) in [6, 6.07) is 10.7. The van der Waals surface area contributed by atoms with E-state index in [-0.39, 0.29) is 0 Å². The fraction of sp³-hybridized carbons (Fsp3) is 0.417. The summed E-state index contributed by atoms with van der Waals surface area (Å²) in [5.74, 6) is 1.16. The van der Waals surface area contributed by atoms with Crippen molar-refractivity contribution in [3.05, 3.63) is 35.4 Å². The second-order valence-corrected chi connectivity index (χ2v) is 4.86. The maximum absolute atomic E-state index is 8.83. The number of nitrogens with zero attached hydrogens (tertiary/aromatic N) is 1. The smallest absolute Gasteiger partial charge is 0.0991 e. The van der Waals surface area contributed by atoms with Gasteiger partial charge in [0.25, 0.3) is 0 Å². The zero-order chi connectivity index (χ0) is 10.7. The van der Waals surface area contributed by atoms with Crippen LogP contribution in [0.1, 0.15) is 29.8 Å². The Kier molecular flexibility index (Phi) is 3.30. The molecule has 2 atom stereocenters. The number of hydrogen-bond acceptors (Lipinski definition) is 3. The topological polar surface area (TPSA) is 35.8 Å². The Labute approximate surface area is 94.7 Å². The molecule has 2 nitrogen and oxygen atoms in total. The Morgan fingerprint density at radius 3 is 3.13 bits per heavy atom. The van der Waals surface area contributed by atoms with Crippen molar-refractivity contribution in [3.63, 3.8) is 0 Å². The van der Waals surface area contributed by atoms with Crippen LogP contribution < -0.4 is 5.32 Å². The van der Waals surface area contributed by atoms with Gasteiger partial charge < -0.3 is 0 Å². The van der Waals surface area contributed by atoms with Crippen LogP contribution in [0.4, 0.5) is 0 Å². The van der Waals surface area contributed by atoms with Crippen LogP contribution >= 0.6 is 11.8 Å². The van der Waals surface area contributed by atoms with Gasteiger partial charge in [-0.3, -0.25) is 5.32 Å². The van der Waals surface area contributed by atoms with E-state index < -0.39 is 0 Å². The lowest BCUT2D eigenvalue weighted by molar-refractivity contribution is 0.561. The lowest BCUT2D eigenvalue weighted by Gasteiger charge is -2.12. The van der Waals surface area contributed by atoms with Crippen LogP contribution in [0.3, 0.4) is 0 Å². The number of nitriles is 1. The predicted octanol–water partition coefficient (Wildman–Crippen LogP) is 2.67. The van der Waals surface area contributed by atoms with Crippen LogP contribution in [-0.4, -0.2) is 11.8 Å². The summed E-state index contributed by atoms with van der Waals surface area (Å²) in [4.78, 5) is 0. The average Bonchev–Trinajstić information content (AvgIpc) is 2.78. The molecule has 2 rings (SSSR count). The van der Waals surface area contributed by atoms with Crippen molar-refractivity contribution in [3.8, 4) is 6.07 Å². The van der Waals surface area contributed by atoms with E-state index in [2.05, 4.69) is 24.4 Å². The molecule has 15 heavy (non-hydrogen) atoms.